The maximum absolute atomic E-state index is 13.0. The molecular formula is C10H13ClFN3. The van der Waals surface area contributed by atoms with Crippen LogP contribution in [0.1, 0.15) is 18.4 Å². The normalized spacial score (nSPS) is 18.2. The van der Waals surface area contributed by atoms with Crippen molar-refractivity contribution in [3.8, 4) is 0 Å². The fraction of sp³-hybridized carbons (Fsp3) is 0.600. The summed E-state index contributed by atoms with van der Waals surface area (Å²) in [6.07, 6.45) is 2.17. The summed E-state index contributed by atoms with van der Waals surface area (Å²) >= 11 is 5.74. The first-order valence-corrected chi connectivity index (χ1v) is 5.43. The van der Waals surface area contributed by atoms with E-state index in [1.54, 1.807) is 6.20 Å². The number of aryl methyl sites for hydroxylation is 1. The van der Waals surface area contributed by atoms with E-state index in [9.17, 15) is 4.39 Å². The number of hydrogen-bond acceptors (Lipinski definition) is 3. The van der Waals surface area contributed by atoms with Gasteiger partial charge in [0.2, 0.25) is 5.28 Å². The van der Waals surface area contributed by atoms with Gasteiger partial charge in [-0.3, -0.25) is 0 Å². The zero-order chi connectivity index (χ0) is 10.8. The minimum atomic E-state index is -0.668. The van der Waals surface area contributed by atoms with Crippen LogP contribution in [0.2, 0.25) is 5.28 Å². The van der Waals surface area contributed by atoms with E-state index in [1.165, 1.54) is 0 Å². The molecule has 82 valence electrons. The summed E-state index contributed by atoms with van der Waals surface area (Å²) in [7, 11) is 0. The number of rotatable bonds is 1. The second kappa shape index (κ2) is 4.31. The van der Waals surface area contributed by atoms with Crippen molar-refractivity contribution < 1.29 is 4.39 Å². The van der Waals surface area contributed by atoms with Gasteiger partial charge in [0.15, 0.2) is 0 Å². The van der Waals surface area contributed by atoms with E-state index in [-0.39, 0.29) is 5.28 Å². The summed E-state index contributed by atoms with van der Waals surface area (Å²) in [5.41, 5.74) is 0.983. The summed E-state index contributed by atoms with van der Waals surface area (Å²) in [5, 5.41) is 0.248. The zero-order valence-electron chi connectivity index (χ0n) is 8.58. The molecule has 1 aliphatic rings. The molecule has 0 spiro atoms. The largest absolute Gasteiger partial charge is 0.356 e. The Kier molecular flexibility index (Phi) is 3.05. The van der Waals surface area contributed by atoms with Gasteiger partial charge in [0.1, 0.15) is 12.0 Å². The van der Waals surface area contributed by atoms with Crippen molar-refractivity contribution in [2.75, 3.05) is 18.0 Å². The molecule has 15 heavy (non-hydrogen) atoms. The van der Waals surface area contributed by atoms with Gasteiger partial charge in [-0.25, -0.2) is 14.4 Å². The average molecular weight is 230 g/mol. The summed E-state index contributed by atoms with van der Waals surface area (Å²) in [5.74, 6) is 0.835. The van der Waals surface area contributed by atoms with Gasteiger partial charge < -0.3 is 4.90 Å². The highest BCUT2D eigenvalue weighted by Gasteiger charge is 2.20. The maximum atomic E-state index is 13.0. The van der Waals surface area contributed by atoms with E-state index in [2.05, 4.69) is 14.9 Å². The summed E-state index contributed by atoms with van der Waals surface area (Å²) in [6.45, 7) is 3.35. The molecule has 0 unspecified atom stereocenters. The molecule has 1 saturated heterocycles. The molecule has 0 radical (unpaired) electrons. The van der Waals surface area contributed by atoms with Crippen LogP contribution in [0, 0.1) is 6.92 Å². The number of alkyl halides is 1. The zero-order valence-corrected chi connectivity index (χ0v) is 9.34. The molecule has 0 bridgehead atoms. The lowest BCUT2D eigenvalue weighted by atomic mass is 10.1. The van der Waals surface area contributed by atoms with E-state index < -0.39 is 6.17 Å². The van der Waals surface area contributed by atoms with Crippen LogP contribution < -0.4 is 4.90 Å². The Bertz CT molecular complexity index is 351. The van der Waals surface area contributed by atoms with Gasteiger partial charge in [-0.15, -0.1) is 0 Å². The fourth-order valence-electron chi connectivity index (χ4n) is 1.79. The second-order valence-electron chi connectivity index (χ2n) is 3.81. The van der Waals surface area contributed by atoms with Gasteiger partial charge in [-0.2, -0.15) is 0 Å². The molecule has 1 aromatic heterocycles. The van der Waals surface area contributed by atoms with Crippen LogP contribution in [0.15, 0.2) is 6.20 Å². The lowest BCUT2D eigenvalue weighted by Gasteiger charge is -2.30. The molecule has 0 N–H and O–H groups in total. The van der Waals surface area contributed by atoms with E-state index >= 15 is 0 Å². The van der Waals surface area contributed by atoms with Gasteiger partial charge in [0.25, 0.3) is 0 Å². The van der Waals surface area contributed by atoms with Gasteiger partial charge in [-0.05, 0) is 31.4 Å². The molecule has 0 aromatic carbocycles. The Hall–Kier alpha value is -0.900. The molecule has 1 aromatic rings. The van der Waals surface area contributed by atoms with Crippen LogP contribution >= 0.6 is 11.6 Å². The first kappa shape index (κ1) is 10.6. The van der Waals surface area contributed by atoms with Crippen molar-refractivity contribution in [1.82, 2.24) is 9.97 Å². The van der Waals surface area contributed by atoms with Gasteiger partial charge in [0.05, 0.1) is 0 Å². The van der Waals surface area contributed by atoms with Crippen LogP contribution in [0.4, 0.5) is 10.2 Å². The maximum Gasteiger partial charge on any atom is 0.224 e. The Morgan fingerprint density at radius 3 is 2.80 bits per heavy atom. The number of nitrogens with zero attached hydrogens (tertiary/aromatic N) is 3. The Balaban J connectivity index is 2.18. The number of hydrogen-bond donors (Lipinski definition) is 0. The first-order valence-electron chi connectivity index (χ1n) is 5.05. The van der Waals surface area contributed by atoms with E-state index in [0.29, 0.717) is 25.9 Å². The third-order valence-corrected chi connectivity index (χ3v) is 2.82. The van der Waals surface area contributed by atoms with Crippen molar-refractivity contribution in [1.29, 1.82) is 0 Å². The number of halogens is 2. The predicted octanol–water partition coefficient (Wildman–Crippen LogP) is 2.38. The first-order chi connectivity index (χ1) is 7.16. The van der Waals surface area contributed by atoms with Gasteiger partial charge in [-0.1, -0.05) is 0 Å². The van der Waals surface area contributed by atoms with Crippen LogP contribution in [-0.4, -0.2) is 29.2 Å². The topological polar surface area (TPSA) is 29.0 Å². The molecule has 0 atom stereocenters. The van der Waals surface area contributed by atoms with Crippen molar-refractivity contribution in [3.63, 3.8) is 0 Å². The number of anilines is 1. The highest BCUT2D eigenvalue weighted by Crippen LogP contribution is 2.23. The van der Waals surface area contributed by atoms with Crippen molar-refractivity contribution in [2.45, 2.75) is 25.9 Å². The lowest BCUT2D eigenvalue weighted by molar-refractivity contribution is 0.276. The van der Waals surface area contributed by atoms with Crippen LogP contribution in [0.3, 0.4) is 0 Å². The summed E-state index contributed by atoms with van der Waals surface area (Å²) < 4.78 is 13.0. The summed E-state index contributed by atoms with van der Waals surface area (Å²) in [6, 6.07) is 0. The van der Waals surface area contributed by atoms with Crippen LogP contribution in [-0.2, 0) is 0 Å². The third-order valence-electron chi connectivity index (χ3n) is 2.64. The SMILES string of the molecule is Cc1cnc(Cl)nc1N1CCC(F)CC1. The smallest absolute Gasteiger partial charge is 0.224 e. The molecule has 5 heteroatoms. The molecule has 2 rings (SSSR count). The molecule has 1 fully saturated rings. The Morgan fingerprint density at radius 1 is 1.47 bits per heavy atom. The Morgan fingerprint density at radius 2 is 2.13 bits per heavy atom. The molecule has 0 aliphatic carbocycles. The number of aromatic nitrogens is 2. The lowest BCUT2D eigenvalue weighted by Crippen LogP contribution is -2.35. The minimum absolute atomic E-state index is 0.248. The van der Waals surface area contributed by atoms with Crippen molar-refractivity contribution in [3.05, 3.63) is 17.0 Å². The summed E-state index contributed by atoms with van der Waals surface area (Å²) in [4.78, 5) is 10.2. The van der Waals surface area contributed by atoms with E-state index in [1.807, 2.05) is 6.92 Å². The molecule has 0 amide bonds. The van der Waals surface area contributed by atoms with Gasteiger partial charge in [0, 0.05) is 24.8 Å². The molecule has 3 nitrogen and oxygen atoms in total. The van der Waals surface area contributed by atoms with Gasteiger partial charge >= 0.3 is 0 Å². The highest BCUT2D eigenvalue weighted by atomic mass is 35.5. The quantitative estimate of drug-likeness (QED) is 0.693. The van der Waals surface area contributed by atoms with Crippen LogP contribution in [0.25, 0.3) is 0 Å². The monoisotopic (exact) mass is 229 g/mol. The molecule has 1 aliphatic heterocycles. The highest BCUT2D eigenvalue weighted by molar-refractivity contribution is 6.28. The van der Waals surface area contributed by atoms with E-state index in [4.69, 9.17) is 11.6 Å². The van der Waals surface area contributed by atoms with Crippen molar-refractivity contribution in [2.24, 2.45) is 0 Å². The minimum Gasteiger partial charge on any atom is -0.356 e. The average Bonchev–Trinajstić information content (AvgIpc) is 2.23. The Labute approximate surface area is 93.3 Å². The standard InChI is InChI=1S/C10H13ClFN3/c1-7-6-13-10(11)14-9(7)15-4-2-8(12)3-5-15/h6,8H,2-5H2,1H3. The molecule has 0 saturated carbocycles. The number of piperidine rings is 1. The third kappa shape index (κ3) is 2.37. The fourth-order valence-corrected chi connectivity index (χ4v) is 1.92. The van der Waals surface area contributed by atoms with E-state index in [0.717, 1.165) is 11.4 Å². The molecule has 2 heterocycles. The van der Waals surface area contributed by atoms with Crippen LogP contribution in [0.5, 0.6) is 0 Å². The predicted molar refractivity (Wildman–Crippen MR) is 58.1 cm³/mol. The van der Waals surface area contributed by atoms with Crippen molar-refractivity contribution >= 4 is 17.4 Å². The second-order valence-corrected chi connectivity index (χ2v) is 4.15. The molecular weight excluding hydrogens is 217 g/mol.